The molecule has 0 radical (unpaired) electrons. The molecule has 0 aliphatic carbocycles. The zero-order valence-electron chi connectivity index (χ0n) is 18.0. The first-order valence-electron chi connectivity index (χ1n) is 9.81. The Bertz CT molecular complexity index is 822. The summed E-state index contributed by atoms with van der Waals surface area (Å²) in [7, 11) is 0. The molecule has 0 saturated heterocycles. The van der Waals surface area contributed by atoms with Crippen LogP contribution in [0.25, 0.3) is 0 Å². The highest BCUT2D eigenvalue weighted by Gasteiger charge is 2.25. The summed E-state index contributed by atoms with van der Waals surface area (Å²) in [6, 6.07) is 17.4. The maximum atomic E-state index is 12.2. The summed E-state index contributed by atoms with van der Waals surface area (Å²) in [6.45, 7) is 9.65. The Balaban J connectivity index is 1.91. The Morgan fingerprint density at radius 2 is 1.48 bits per heavy atom. The lowest BCUT2D eigenvalue weighted by Crippen LogP contribution is -2.47. The second-order valence-corrected chi connectivity index (χ2v) is 8.83. The molecule has 0 aliphatic heterocycles. The fourth-order valence-electron chi connectivity index (χ4n) is 2.94. The van der Waals surface area contributed by atoms with E-state index in [9.17, 15) is 9.59 Å². The third-order valence-electron chi connectivity index (χ3n) is 4.07. The van der Waals surface area contributed by atoms with Crippen LogP contribution in [0.1, 0.15) is 51.3 Å². The molecule has 5 nitrogen and oxygen atoms in total. The van der Waals surface area contributed by atoms with Crippen molar-refractivity contribution in [3.8, 4) is 0 Å². The minimum atomic E-state index is -0.541. The molecule has 0 aromatic heterocycles. The van der Waals surface area contributed by atoms with Gasteiger partial charge in [-0.3, -0.25) is 4.79 Å². The van der Waals surface area contributed by atoms with Gasteiger partial charge in [-0.2, -0.15) is 0 Å². The maximum Gasteiger partial charge on any atom is 0.408 e. The number of esters is 1. The summed E-state index contributed by atoms with van der Waals surface area (Å²) >= 11 is 0. The van der Waals surface area contributed by atoms with Crippen LogP contribution in [0.15, 0.2) is 54.6 Å². The van der Waals surface area contributed by atoms with Crippen molar-refractivity contribution < 1.29 is 19.1 Å². The molecule has 2 aromatic carbocycles. The average molecular weight is 398 g/mol. The van der Waals surface area contributed by atoms with Crippen molar-refractivity contribution in [1.82, 2.24) is 5.32 Å². The third-order valence-corrected chi connectivity index (χ3v) is 4.07. The molecule has 2 aromatic rings. The van der Waals surface area contributed by atoms with E-state index in [1.54, 1.807) is 0 Å². The van der Waals surface area contributed by atoms with E-state index in [1.165, 1.54) is 0 Å². The zero-order chi connectivity index (χ0) is 21.5. The largest absolute Gasteiger partial charge is 0.461 e. The first-order chi connectivity index (χ1) is 13.5. The molecule has 1 N–H and O–H groups in total. The summed E-state index contributed by atoms with van der Waals surface area (Å²) in [5.74, 6) is -0.267. The van der Waals surface area contributed by atoms with Crippen molar-refractivity contribution in [2.75, 3.05) is 0 Å². The molecule has 29 heavy (non-hydrogen) atoms. The van der Waals surface area contributed by atoms with Crippen molar-refractivity contribution in [3.05, 3.63) is 71.3 Å². The monoisotopic (exact) mass is 397 g/mol. The van der Waals surface area contributed by atoms with Crippen molar-refractivity contribution in [1.29, 1.82) is 0 Å². The van der Waals surface area contributed by atoms with Gasteiger partial charge in [0.05, 0.1) is 6.42 Å². The van der Waals surface area contributed by atoms with Crippen LogP contribution in [0.2, 0.25) is 0 Å². The van der Waals surface area contributed by atoms with Gasteiger partial charge in [0.15, 0.2) is 0 Å². The number of rotatable bonds is 7. The lowest BCUT2D eigenvalue weighted by atomic mass is 9.93. The van der Waals surface area contributed by atoms with E-state index in [-0.39, 0.29) is 19.0 Å². The molecule has 0 spiro atoms. The summed E-state index contributed by atoms with van der Waals surface area (Å²) in [5, 5.41) is 2.91. The normalized spacial score (nSPS) is 11.6. The van der Waals surface area contributed by atoms with Crippen LogP contribution in [-0.4, -0.2) is 23.2 Å². The average Bonchev–Trinajstić information content (AvgIpc) is 2.58. The Morgan fingerprint density at radius 3 is 2.14 bits per heavy atom. The van der Waals surface area contributed by atoms with E-state index in [0.29, 0.717) is 6.42 Å². The first-order valence-corrected chi connectivity index (χ1v) is 9.81. The molecule has 0 saturated carbocycles. The number of amides is 1. The number of ether oxygens (including phenoxy) is 2. The summed E-state index contributed by atoms with van der Waals surface area (Å²) in [6.07, 6.45) is 0.378. The molecule has 5 heteroatoms. The number of alkyl carbamates (subject to hydrolysis) is 1. The first kappa shape index (κ1) is 22.5. The van der Waals surface area contributed by atoms with E-state index in [2.05, 4.69) is 5.32 Å². The van der Waals surface area contributed by atoms with Crippen molar-refractivity contribution >= 4 is 12.1 Å². The quantitative estimate of drug-likeness (QED) is 0.681. The van der Waals surface area contributed by atoms with Crippen LogP contribution in [0.5, 0.6) is 0 Å². The van der Waals surface area contributed by atoms with Gasteiger partial charge in [-0.25, -0.2) is 4.79 Å². The van der Waals surface area contributed by atoms with Gasteiger partial charge < -0.3 is 14.8 Å². The molecule has 0 bridgehead atoms. The van der Waals surface area contributed by atoms with Gasteiger partial charge in [0, 0.05) is 5.54 Å². The van der Waals surface area contributed by atoms with Gasteiger partial charge in [-0.1, -0.05) is 54.6 Å². The molecule has 0 unspecified atom stereocenters. The fraction of sp³-hybridized carbons (Fsp3) is 0.417. The summed E-state index contributed by atoms with van der Waals surface area (Å²) < 4.78 is 10.7. The summed E-state index contributed by atoms with van der Waals surface area (Å²) in [5.41, 5.74) is 1.84. The Hall–Kier alpha value is -2.82. The van der Waals surface area contributed by atoms with Crippen LogP contribution in [0.3, 0.4) is 0 Å². The second-order valence-electron chi connectivity index (χ2n) is 8.83. The molecule has 156 valence electrons. The number of hydrogen-bond acceptors (Lipinski definition) is 4. The topological polar surface area (TPSA) is 64.6 Å². The van der Waals surface area contributed by atoms with E-state index >= 15 is 0 Å². The second kappa shape index (κ2) is 9.59. The highest BCUT2D eigenvalue weighted by molar-refractivity contribution is 5.72. The predicted molar refractivity (Wildman–Crippen MR) is 114 cm³/mol. The van der Waals surface area contributed by atoms with Crippen LogP contribution in [0, 0.1) is 0 Å². The van der Waals surface area contributed by atoms with E-state index in [0.717, 1.165) is 16.7 Å². The minimum absolute atomic E-state index is 0.209. The van der Waals surface area contributed by atoms with Gasteiger partial charge in [0.1, 0.15) is 12.2 Å². The van der Waals surface area contributed by atoms with Crippen LogP contribution < -0.4 is 5.32 Å². The predicted octanol–water partition coefficient (Wildman–Crippen LogP) is 4.82. The molecule has 1 amide bonds. The number of benzene rings is 2. The molecule has 0 aliphatic rings. The number of hydrogen-bond donors (Lipinski definition) is 1. The van der Waals surface area contributed by atoms with Gasteiger partial charge in [0.2, 0.25) is 0 Å². The van der Waals surface area contributed by atoms with E-state index in [1.807, 2.05) is 89.2 Å². The van der Waals surface area contributed by atoms with Gasteiger partial charge in [0.25, 0.3) is 0 Å². The van der Waals surface area contributed by atoms with Crippen LogP contribution in [-0.2, 0) is 33.7 Å². The standard InChI is InChI=1S/C24H31NO4/c1-23(2,3)29-22(27)25-24(4,5)16-20-13-9-12-19(14-20)15-21(26)28-17-18-10-7-6-8-11-18/h6-14H,15-17H2,1-5H3,(H,25,27). The molecule has 0 atom stereocenters. The smallest absolute Gasteiger partial charge is 0.408 e. The lowest BCUT2D eigenvalue weighted by Gasteiger charge is -2.29. The molecule has 0 fully saturated rings. The van der Waals surface area contributed by atoms with Crippen LogP contribution in [0.4, 0.5) is 4.79 Å². The number of nitrogens with one attached hydrogen (secondary N) is 1. The minimum Gasteiger partial charge on any atom is -0.461 e. The molecular formula is C24H31NO4. The lowest BCUT2D eigenvalue weighted by molar-refractivity contribution is -0.144. The highest BCUT2D eigenvalue weighted by Crippen LogP contribution is 2.16. The van der Waals surface area contributed by atoms with Gasteiger partial charge in [-0.15, -0.1) is 0 Å². The Labute approximate surface area is 173 Å². The van der Waals surface area contributed by atoms with E-state index in [4.69, 9.17) is 9.47 Å². The molecular weight excluding hydrogens is 366 g/mol. The highest BCUT2D eigenvalue weighted by atomic mass is 16.6. The van der Waals surface area contributed by atoms with Crippen LogP contribution >= 0.6 is 0 Å². The Morgan fingerprint density at radius 1 is 0.862 bits per heavy atom. The fourth-order valence-corrected chi connectivity index (χ4v) is 2.94. The Kier molecular flexibility index (Phi) is 7.43. The van der Waals surface area contributed by atoms with Gasteiger partial charge in [-0.05, 0) is 57.7 Å². The molecule has 2 rings (SSSR count). The number of carbonyl (C=O) groups is 2. The number of carbonyl (C=O) groups excluding carboxylic acids is 2. The zero-order valence-corrected chi connectivity index (χ0v) is 18.0. The summed E-state index contributed by atoms with van der Waals surface area (Å²) in [4.78, 5) is 24.2. The van der Waals surface area contributed by atoms with Crippen molar-refractivity contribution in [2.24, 2.45) is 0 Å². The third kappa shape index (κ3) is 8.81. The van der Waals surface area contributed by atoms with E-state index < -0.39 is 17.2 Å². The van der Waals surface area contributed by atoms with Crippen molar-refractivity contribution in [2.45, 2.75) is 65.2 Å². The molecule has 0 heterocycles. The van der Waals surface area contributed by atoms with Crippen molar-refractivity contribution in [3.63, 3.8) is 0 Å². The maximum absolute atomic E-state index is 12.2. The SMILES string of the molecule is CC(C)(Cc1cccc(CC(=O)OCc2ccccc2)c1)NC(=O)OC(C)(C)C. The van der Waals surface area contributed by atoms with Gasteiger partial charge >= 0.3 is 12.1 Å².